The summed E-state index contributed by atoms with van der Waals surface area (Å²) in [6.07, 6.45) is 2.21. The van der Waals surface area contributed by atoms with Crippen LogP contribution in [0.4, 0.5) is 10.2 Å². The number of benzene rings is 1. The van der Waals surface area contributed by atoms with Gasteiger partial charge in [-0.05, 0) is 36.6 Å². The van der Waals surface area contributed by atoms with Crippen LogP contribution in [0.15, 0.2) is 30.6 Å². The van der Waals surface area contributed by atoms with Crippen molar-refractivity contribution in [2.45, 2.75) is 13.3 Å². The molecule has 0 aliphatic carbocycles. The quantitative estimate of drug-likeness (QED) is 0.716. The third-order valence-corrected chi connectivity index (χ3v) is 4.90. The Hall–Kier alpha value is -2.54. The average Bonchev–Trinajstić information content (AvgIpc) is 2.94. The molecule has 0 fully saturated rings. The molecule has 0 amide bonds. The molecule has 0 aliphatic heterocycles. The summed E-state index contributed by atoms with van der Waals surface area (Å²) in [7, 11) is 1.36. The van der Waals surface area contributed by atoms with E-state index in [1.54, 1.807) is 12.1 Å². The lowest BCUT2D eigenvalue weighted by Crippen LogP contribution is -2.07. The van der Waals surface area contributed by atoms with E-state index in [9.17, 15) is 9.18 Å². The molecule has 24 heavy (non-hydrogen) atoms. The third-order valence-electron chi connectivity index (χ3n) is 3.72. The SMILES string of the molecule is COC(=O)c1sc2ncnc(NCCc3ccc(F)cc3)c2c1C. The average molecular weight is 345 g/mol. The Balaban J connectivity index is 1.80. The molecular formula is C17H16FN3O2S. The molecular weight excluding hydrogens is 329 g/mol. The summed E-state index contributed by atoms with van der Waals surface area (Å²) >= 11 is 1.29. The van der Waals surface area contributed by atoms with Crippen LogP contribution in [0.5, 0.6) is 0 Å². The van der Waals surface area contributed by atoms with Crippen molar-refractivity contribution in [3.8, 4) is 0 Å². The molecule has 0 atom stereocenters. The van der Waals surface area contributed by atoms with Crippen molar-refractivity contribution in [3.05, 3.63) is 52.4 Å². The second-order valence-electron chi connectivity index (χ2n) is 5.25. The minimum Gasteiger partial charge on any atom is -0.465 e. The number of hydrogen-bond acceptors (Lipinski definition) is 6. The summed E-state index contributed by atoms with van der Waals surface area (Å²) in [4.78, 5) is 21.6. The van der Waals surface area contributed by atoms with E-state index >= 15 is 0 Å². The molecule has 1 aromatic carbocycles. The van der Waals surface area contributed by atoms with Crippen LogP contribution in [-0.4, -0.2) is 29.6 Å². The first-order valence-corrected chi connectivity index (χ1v) is 8.22. The maximum atomic E-state index is 12.9. The van der Waals surface area contributed by atoms with Gasteiger partial charge in [-0.3, -0.25) is 0 Å². The van der Waals surface area contributed by atoms with Crippen molar-refractivity contribution in [2.75, 3.05) is 19.0 Å². The van der Waals surface area contributed by atoms with Gasteiger partial charge in [0, 0.05) is 6.54 Å². The second kappa shape index (κ2) is 6.92. The topological polar surface area (TPSA) is 64.1 Å². The van der Waals surface area contributed by atoms with E-state index in [1.807, 2.05) is 6.92 Å². The van der Waals surface area contributed by atoms with Gasteiger partial charge in [0.1, 0.15) is 27.7 Å². The number of methoxy groups -OCH3 is 1. The smallest absolute Gasteiger partial charge is 0.348 e. The van der Waals surface area contributed by atoms with Crippen LogP contribution in [0.2, 0.25) is 0 Å². The number of carbonyl (C=O) groups excluding carboxylic acids is 1. The molecule has 2 heterocycles. The first-order valence-electron chi connectivity index (χ1n) is 7.41. The van der Waals surface area contributed by atoms with Crippen LogP contribution in [0, 0.1) is 12.7 Å². The van der Waals surface area contributed by atoms with Crippen LogP contribution < -0.4 is 5.32 Å². The van der Waals surface area contributed by atoms with Crippen LogP contribution in [0.3, 0.4) is 0 Å². The molecule has 0 saturated heterocycles. The van der Waals surface area contributed by atoms with Gasteiger partial charge in [0.15, 0.2) is 0 Å². The number of ether oxygens (including phenoxy) is 1. The van der Waals surface area contributed by atoms with Crippen molar-refractivity contribution in [3.63, 3.8) is 0 Å². The van der Waals surface area contributed by atoms with E-state index in [1.165, 1.54) is 36.9 Å². The van der Waals surface area contributed by atoms with Gasteiger partial charge in [0.25, 0.3) is 0 Å². The number of nitrogens with one attached hydrogen (secondary N) is 1. The standard InChI is InChI=1S/C17H16FN3O2S/c1-10-13-15(19-8-7-11-3-5-12(18)6-4-11)20-9-21-16(13)24-14(10)17(22)23-2/h3-6,9H,7-8H2,1-2H3,(H,19,20,21). The number of aryl methyl sites for hydroxylation is 1. The predicted octanol–water partition coefficient (Wildman–Crippen LogP) is 3.58. The maximum Gasteiger partial charge on any atom is 0.348 e. The number of nitrogens with zero attached hydrogens (tertiary/aromatic N) is 2. The predicted molar refractivity (Wildman–Crippen MR) is 92.1 cm³/mol. The molecule has 5 nitrogen and oxygen atoms in total. The maximum absolute atomic E-state index is 12.9. The number of anilines is 1. The largest absolute Gasteiger partial charge is 0.465 e. The van der Waals surface area contributed by atoms with Crippen LogP contribution in [0.25, 0.3) is 10.2 Å². The van der Waals surface area contributed by atoms with Crippen LogP contribution in [-0.2, 0) is 11.2 Å². The fourth-order valence-electron chi connectivity index (χ4n) is 2.47. The first-order chi connectivity index (χ1) is 11.6. The minimum atomic E-state index is -0.368. The highest BCUT2D eigenvalue weighted by molar-refractivity contribution is 7.20. The Labute approximate surface area is 142 Å². The van der Waals surface area contributed by atoms with E-state index in [-0.39, 0.29) is 11.8 Å². The summed E-state index contributed by atoms with van der Waals surface area (Å²) in [6, 6.07) is 6.42. The van der Waals surface area contributed by atoms with Gasteiger partial charge in [-0.2, -0.15) is 0 Å². The van der Waals surface area contributed by atoms with Gasteiger partial charge in [0.05, 0.1) is 12.5 Å². The van der Waals surface area contributed by atoms with Gasteiger partial charge in [-0.25, -0.2) is 19.2 Å². The number of carbonyl (C=O) groups is 1. The molecule has 3 aromatic rings. The van der Waals surface area contributed by atoms with E-state index in [0.717, 1.165) is 27.8 Å². The number of esters is 1. The highest BCUT2D eigenvalue weighted by Gasteiger charge is 2.19. The number of rotatable bonds is 5. The molecule has 3 rings (SSSR count). The number of thiophene rings is 1. The molecule has 0 saturated carbocycles. The summed E-state index contributed by atoms with van der Waals surface area (Å²) in [5, 5.41) is 4.11. The first kappa shape index (κ1) is 16.3. The molecule has 2 aromatic heterocycles. The van der Waals surface area contributed by atoms with E-state index in [2.05, 4.69) is 15.3 Å². The van der Waals surface area contributed by atoms with E-state index < -0.39 is 0 Å². The summed E-state index contributed by atoms with van der Waals surface area (Å²) in [5.74, 6) is 0.0761. The Morgan fingerprint density at radius 1 is 1.29 bits per heavy atom. The fourth-order valence-corrected chi connectivity index (χ4v) is 3.54. The van der Waals surface area contributed by atoms with E-state index in [4.69, 9.17) is 4.74 Å². The minimum absolute atomic E-state index is 0.242. The zero-order chi connectivity index (χ0) is 17.1. The van der Waals surface area contributed by atoms with Gasteiger partial charge >= 0.3 is 5.97 Å². The lowest BCUT2D eigenvalue weighted by molar-refractivity contribution is 0.0605. The molecule has 0 radical (unpaired) electrons. The molecule has 124 valence electrons. The lowest BCUT2D eigenvalue weighted by Gasteiger charge is -2.07. The van der Waals surface area contributed by atoms with Gasteiger partial charge in [-0.15, -0.1) is 11.3 Å². The Morgan fingerprint density at radius 2 is 2.04 bits per heavy atom. The lowest BCUT2D eigenvalue weighted by atomic mass is 10.1. The number of halogens is 1. The monoisotopic (exact) mass is 345 g/mol. The number of aromatic nitrogens is 2. The van der Waals surface area contributed by atoms with Gasteiger partial charge in [0.2, 0.25) is 0 Å². The number of fused-ring (bicyclic) bond motifs is 1. The van der Waals surface area contributed by atoms with Crippen molar-refractivity contribution in [1.82, 2.24) is 9.97 Å². The summed E-state index contributed by atoms with van der Waals surface area (Å²) < 4.78 is 17.7. The van der Waals surface area contributed by atoms with Crippen molar-refractivity contribution < 1.29 is 13.9 Å². The molecule has 0 aliphatic rings. The molecule has 0 bridgehead atoms. The highest BCUT2D eigenvalue weighted by Crippen LogP contribution is 2.33. The van der Waals surface area contributed by atoms with E-state index in [0.29, 0.717) is 17.2 Å². The Kier molecular flexibility index (Phi) is 4.71. The molecule has 0 spiro atoms. The zero-order valence-electron chi connectivity index (χ0n) is 13.3. The molecule has 0 unspecified atom stereocenters. The van der Waals surface area contributed by atoms with Crippen molar-refractivity contribution in [1.29, 1.82) is 0 Å². The van der Waals surface area contributed by atoms with Gasteiger partial charge < -0.3 is 10.1 Å². The fraction of sp³-hybridized carbons (Fsp3) is 0.235. The Bertz CT molecular complexity index is 877. The zero-order valence-corrected chi connectivity index (χ0v) is 14.1. The summed E-state index contributed by atoms with van der Waals surface area (Å²) in [6.45, 7) is 2.50. The Morgan fingerprint density at radius 3 is 2.75 bits per heavy atom. The van der Waals surface area contributed by atoms with Crippen molar-refractivity contribution in [2.24, 2.45) is 0 Å². The molecule has 1 N–H and O–H groups in total. The highest BCUT2D eigenvalue weighted by atomic mass is 32.1. The van der Waals surface area contributed by atoms with Crippen LogP contribution >= 0.6 is 11.3 Å². The third kappa shape index (κ3) is 3.21. The summed E-state index contributed by atoms with van der Waals surface area (Å²) in [5.41, 5.74) is 1.85. The van der Waals surface area contributed by atoms with Crippen molar-refractivity contribution >= 4 is 33.3 Å². The van der Waals surface area contributed by atoms with Gasteiger partial charge in [-0.1, -0.05) is 12.1 Å². The number of hydrogen-bond donors (Lipinski definition) is 1. The van der Waals surface area contributed by atoms with Crippen LogP contribution in [0.1, 0.15) is 20.8 Å². The molecule has 7 heteroatoms. The normalized spacial score (nSPS) is 10.8. The second-order valence-corrected chi connectivity index (χ2v) is 6.25.